The van der Waals surface area contributed by atoms with Crippen molar-refractivity contribution in [3.8, 4) is 0 Å². The van der Waals surface area contributed by atoms with Gasteiger partial charge in [0.05, 0.1) is 6.42 Å². The van der Waals surface area contributed by atoms with Gasteiger partial charge in [0.15, 0.2) is 5.78 Å². The summed E-state index contributed by atoms with van der Waals surface area (Å²) >= 11 is 0. The Morgan fingerprint density at radius 3 is 2.33 bits per heavy atom. The van der Waals surface area contributed by atoms with Gasteiger partial charge >= 0.3 is 12.1 Å². The molecule has 0 saturated heterocycles. The van der Waals surface area contributed by atoms with Crippen LogP contribution in [0.25, 0.3) is 0 Å². The highest BCUT2D eigenvalue weighted by Crippen LogP contribution is 2.48. The van der Waals surface area contributed by atoms with Crippen molar-refractivity contribution in [1.29, 1.82) is 0 Å². The van der Waals surface area contributed by atoms with Crippen LogP contribution in [-0.4, -0.2) is 33.7 Å². The number of carboxylic acid groups (broad SMARTS) is 1. The molecule has 0 aromatic heterocycles. The maximum absolute atomic E-state index is 12.7. The predicted molar refractivity (Wildman–Crippen MR) is 82.3 cm³/mol. The molecule has 2 N–H and O–H groups in total. The molecule has 0 heterocycles. The maximum atomic E-state index is 12.7. The van der Waals surface area contributed by atoms with Crippen molar-refractivity contribution in [3.05, 3.63) is 34.9 Å². The van der Waals surface area contributed by atoms with Gasteiger partial charge in [0.2, 0.25) is 0 Å². The summed E-state index contributed by atoms with van der Waals surface area (Å²) in [6, 6.07) is 0. The zero-order chi connectivity index (χ0) is 18.9. The number of carboxylic acids is 1. The zero-order valence-electron chi connectivity index (χ0n) is 14.0. The summed E-state index contributed by atoms with van der Waals surface area (Å²) in [5.74, 6) is -1.81. The van der Waals surface area contributed by atoms with Gasteiger partial charge in [0, 0.05) is 23.5 Å². The second-order valence-electron chi connectivity index (χ2n) is 6.71. The molecule has 1 rings (SSSR count). The molecule has 0 aromatic carbocycles. The Kier molecular flexibility index (Phi) is 5.50. The quantitative estimate of drug-likeness (QED) is 0.603. The summed E-state index contributed by atoms with van der Waals surface area (Å²) in [7, 11) is 0. The van der Waals surface area contributed by atoms with E-state index in [9.17, 15) is 27.9 Å². The lowest BCUT2D eigenvalue weighted by Crippen LogP contribution is -2.49. The van der Waals surface area contributed by atoms with Crippen LogP contribution in [0.3, 0.4) is 0 Å². The monoisotopic (exact) mass is 346 g/mol. The molecule has 0 aromatic rings. The topological polar surface area (TPSA) is 74.6 Å². The van der Waals surface area contributed by atoms with Gasteiger partial charge in [-0.05, 0) is 31.1 Å². The second-order valence-corrected chi connectivity index (χ2v) is 6.71. The largest absolute Gasteiger partial charge is 0.478 e. The number of Topliss-reactive ketones (excluding diaryl/α,β-unsaturated/α-hetero) is 1. The first kappa shape index (κ1) is 20.2. The smallest absolute Gasteiger partial charge is 0.393 e. The average molecular weight is 346 g/mol. The van der Waals surface area contributed by atoms with Crippen molar-refractivity contribution in [2.75, 3.05) is 0 Å². The lowest BCUT2D eigenvalue weighted by molar-refractivity contribution is -0.138. The van der Waals surface area contributed by atoms with Gasteiger partial charge in [0.1, 0.15) is 5.60 Å². The number of hydrogen-bond donors (Lipinski definition) is 2. The molecular weight excluding hydrogens is 325 g/mol. The minimum absolute atomic E-state index is 0.0551. The predicted octanol–water partition coefficient (Wildman–Crippen LogP) is 3.57. The van der Waals surface area contributed by atoms with Crippen molar-refractivity contribution in [2.24, 2.45) is 5.41 Å². The van der Waals surface area contributed by atoms with E-state index in [0.717, 1.165) is 6.08 Å². The molecule has 0 fully saturated rings. The number of rotatable bonds is 4. The fourth-order valence-corrected chi connectivity index (χ4v) is 2.87. The SMILES string of the molecule is CC1=C(CC(F)(F)F)C(=O)CC(C)(C)C1(O)/C=C/C(C)=C\C(=O)O. The molecule has 0 aliphatic heterocycles. The van der Waals surface area contributed by atoms with E-state index in [1.165, 1.54) is 26.0 Å². The summed E-state index contributed by atoms with van der Waals surface area (Å²) in [6.07, 6.45) is -2.68. The van der Waals surface area contributed by atoms with Gasteiger partial charge < -0.3 is 10.2 Å². The Hall–Kier alpha value is -1.89. The number of aliphatic carboxylic acids is 1. The van der Waals surface area contributed by atoms with Crippen molar-refractivity contribution < 1.29 is 33.0 Å². The highest BCUT2D eigenvalue weighted by molar-refractivity contribution is 5.98. The molecule has 134 valence electrons. The lowest BCUT2D eigenvalue weighted by Gasteiger charge is -2.45. The van der Waals surface area contributed by atoms with E-state index >= 15 is 0 Å². The Morgan fingerprint density at radius 1 is 1.33 bits per heavy atom. The van der Waals surface area contributed by atoms with Crippen molar-refractivity contribution >= 4 is 11.8 Å². The summed E-state index contributed by atoms with van der Waals surface area (Å²) in [6.45, 7) is 5.96. The molecule has 1 aliphatic rings. The molecule has 0 amide bonds. The van der Waals surface area contributed by atoms with Crippen LogP contribution in [0, 0.1) is 5.41 Å². The summed E-state index contributed by atoms with van der Waals surface area (Å²) in [5, 5.41) is 19.7. The first-order valence-electron chi connectivity index (χ1n) is 7.32. The van der Waals surface area contributed by atoms with Crippen molar-refractivity contribution in [2.45, 2.75) is 52.3 Å². The summed E-state index contributed by atoms with van der Waals surface area (Å²) in [4.78, 5) is 22.7. The van der Waals surface area contributed by atoms with Crippen molar-refractivity contribution in [1.82, 2.24) is 0 Å². The fraction of sp³-hybridized carbons (Fsp3) is 0.529. The van der Waals surface area contributed by atoms with Gasteiger partial charge in [-0.1, -0.05) is 19.9 Å². The average Bonchev–Trinajstić information content (AvgIpc) is 2.37. The van der Waals surface area contributed by atoms with E-state index in [1.54, 1.807) is 13.8 Å². The third-order valence-corrected chi connectivity index (χ3v) is 4.31. The standard InChI is InChI=1S/C17H21F3O4/c1-10(7-14(22)23)5-6-16(24)11(2)12(8-17(18,19)20)13(21)9-15(16,3)4/h5-7,24H,8-9H2,1-4H3,(H,22,23)/b6-5+,10-7-. The minimum Gasteiger partial charge on any atom is -0.478 e. The lowest BCUT2D eigenvalue weighted by atomic mass is 9.62. The first-order valence-corrected chi connectivity index (χ1v) is 7.32. The molecule has 7 heteroatoms. The second kappa shape index (κ2) is 6.55. The Bertz CT molecular complexity index is 639. The van der Waals surface area contributed by atoms with Crippen LogP contribution in [0.1, 0.15) is 40.5 Å². The highest BCUT2D eigenvalue weighted by Gasteiger charge is 2.50. The summed E-state index contributed by atoms with van der Waals surface area (Å²) in [5.41, 5.74) is -2.98. The first-order chi connectivity index (χ1) is 10.7. The van der Waals surface area contributed by atoms with Crippen molar-refractivity contribution in [3.63, 3.8) is 0 Å². The summed E-state index contributed by atoms with van der Waals surface area (Å²) < 4.78 is 38.2. The molecule has 1 unspecified atom stereocenters. The van der Waals surface area contributed by atoms with Crippen LogP contribution in [-0.2, 0) is 9.59 Å². The molecule has 1 atom stereocenters. The highest BCUT2D eigenvalue weighted by atomic mass is 19.4. The van der Waals surface area contributed by atoms with E-state index in [2.05, 4.69) is 0 Å². The number of halogens is 3. The van der Waals surface area contributed by atoms with Gasteiger partial charge in [-0.3, -0.25) is 4.79 Å². The van der Waals surface area contributed by atoms with E-state index in [0.29, 0.717) is 5.57 Å². The molecule has 4 nitrogen and oxygen atoms in total. The van der Waals surface area contributed by atoms with E-state index in [4.69, 9.17) is 5.11 Å². The Labute approximate surface area is 138 Å². The van der Waals surface area contributed by atoms with Crippen LogP contribution < -0.4 is 0 Å². The normalized spacial score (nSPS) is 25.5. The maximum Gasteiger partial charge on any atom is 0.393 e. The van der Waals surface area contributed by atoms with Gasteiger partial charge in [-0.2, -0.15) is 13.2 Å². The van der Waals surface area contributed by atoms with Gasteiger partial charge in [-0.25, -0.2) is 4.79 Å². The van der Waals surface area contributed by atoms with E-state index in [1.807, 2.05) is 0 Å². The Balaban J connectivity index is 3.41. The minimum atomic E-state index is -4.56. The number of allylic oxidation sites excluding steroid dienone is 3. The molecule has 0 saturated carbocycles. The number of carbonyl (C=O) groups is 2. The molecule has 0 bridgehead atoms. The van der Waals surface area contributed by atoms with E-state index < -0.39 is 40.9 Å². The third kappa shape index (κ3) is 4.35. The number of ketones is 1. The molecular formula is C17H21F3O4. The van der Waals surface area contributed by atoms with Crippen LogP contribution in [0.5, 0.6) is 0 Å². The third-order valence-electron chi connectivity index (χ3n) is 4.31. The van der Waals surface area contributed by atoms with Crippen LogP contribution in [0.2, 0.25) is 0 Å². The molecule has 0 radical (unpaired) electrons. The zero-order valence-corrected chi connectivity index (χ0v) is 14.0. The number of carbonyl (C=O) groups excluding carboxylic acids is 1. The Morgan fingerprint density at radius 2 is 1.88 bits per heavy atom. The van der Waals surface area contributed by atoms with Crippen LogP contribution in [0.15, 0.2) is 34.9 Å². The number of aliphatic hydroxyl groups is 1. The van der Waals surface area contributed by atoms with Gasteiger partial charge in [-0.15, -0.1) is 0 Å². The molecule has 0 spiro atoms. The van der Waals surface area contributed by atoms with E-state index in [-0.39, 0.29) is 12.0 Å². The van der Waals surface area contributed by atoms with Crippen LogP contribution in [0.4, 0.5) is 13.2 Å². The van der Waals surface area contributed by atoms with Crippen LogP contribution >= 0.6 is 0 Å². The number of hydrogen-bond acceptors (Lipinski definition) is 3. The number of alkyl halides is 3. The fourth-order valence-electron chi connectivity index (χ4n) is 2.87. The van der Waals surface area contributed by atoms with Gasteiger partial charge in [0.25, 0.3) is 0 Å². The molecule has 24 heavy (non-hydrogen) atoms. The molecule has 1 aliphatic carbocycles.